The van der Waals surface area contributed by atoms with Crippen molar-refractivity contribution in [2.24, 2.45) is 0 Å². The summed E-state index contributed by atoms with van der Waals surface area (Å²) in [6.07, 6.45) is 2.80. The zero-order chi connectivity index (χ0) is 14.8. The molecular weight excluding hydrogens is 282 g/mol. The van der Waals surface area contributed by atoms with Crippen molar-refractivity contribution < 1.29 is 5.11 Å². The van der Waals surface area contributed by atoms with Gasteiger partial charge in [0.05, 0.1) is 18.7 Å². The minimum Gasteiger partial charge on any atom is -0.394 e. The summed E-state index contributed by atoms with van der Waals surface area (Å²) in [5, 5.41) is 20.1. The van der Waals surface area contributed by atoms with Crippen molar-refractivity contribution in [3.8, 4) is 6.07 Å². The van der Waals surface area contributed by atoms with Gasteiger partial charge >= 0.3 is 0 Å². The van der Waals surface area contributed by atoms with Crippen molar-refractivity contribution in [1.82, 2.24) is 4.98 Å². The van der Waals surface area contributed by atoms with Crippen LogP contribution in [0.2, 0.25) is 0 Å². The van der Waals surface area contributed by atoms with Crippen LogP contribution in [0.4, 0.5) is 5.13 Å². The van der Waals surface area contributed by atoms with E-state index in [1.54, 1.807) is 11.3 Å². The Hall–Kier alpha value is -1.90. The van der Waals surface area contributed by atoms with Gasteiger partial charge < -0.3 is 10.0 Å². The zero-order valence-electron chi connectivity index (χ0n) is 11.8. The molecule has 0 spiro atoms. The predicted molar refractivity (Wildman–Crippen MR) is 83.4 cm³/mol. The number of nitriles is 1. The van der Waals surface area contributed by atoms with Crippen LogP contribution in [0, 0.1) is 11.3 Å². The van der Waals surface area contributed by atoms with Crippen LogP contribution in [0.25, 0.3) is 0 Å². The smallest absolute Gasteiger partial charge is 0.186 e. The molecule has 3 atom stereocenters. The van der Waals surface area contributed by atoms with Gasteiger partial charge in [-0.2, -0.15) is 5.26 Å². The van der Waals surface area contributed by atoms with Gasteiger partial charge in [-0.15, -0.1) is 11.3 Å². The molecule has 0 radical (unpaired) electrons. The molecule has 108 valence electrons. The highest BCUT2D eigenvalue weighted by Gasteiger charge is 2.50. The lowest BCUT2D eigenvalue weighted by molar-refractivity contribution is 0.187. The minimum absolute atomic E-state index is 0.0266. The van der Waals surface area contributed by atoms with E-state index in [1.807, 2.05) is 41.4 Å². The summed E-state index contributed by atoms with van der Waals surface area (Å²) in [4.78, 5) is 7.57. The molecule has 1 aliphatic heterocycles. The van der Waals surface area contributed by atoms with E-state index < -0.39 is 0 Å². The molecule has 1 aliphatic rings. The number of benzene rings is 1. The molecule has 0 aliphatic carbocycles. The number of hydrogen-bond acceptors (Lipinski definition) is 5. The second-order valence-corrected chi connectivity index (χ2v) is 6.22. The fourth-order valence-electron chi connectivity index (χ4n) is 2.93. The molecule has 21 heavy (non-hydrogen) atoms. The number of thiazole rings is 1. The first kappa shape index (κ1) is 14.1. The lowest BCUT2D eigenvalue weighted by Crippen LogP contribution is -2.63. The highest BCUT2D eigenvalue weighted by molar-refractivity contribution is 7.15. The first-order chi connectivity index (χ1) is 10.3. The van der Waals surface area contributed by atoms with Crippen molar-refractivity contribution >= 4 is 16.5 Å². The Morgan fingerprint density at radius 1 is 1.38 bits per heavy atom. The summed E-state index contributed by atoms with van der Waals surface area (Å²) in [5.74, 6) is 0.0372. The normalized spacial score (nSPS) is 24.4. The molecule has 3 rings (SSSR count). The van der Waals surface area contributed by atoms with Gasteiger partial charge in [0, 0.05) is 17.0 Å². The second kappa shape index (κ2) is 5.84. The van der Waals surface area contributed by atoms with Crippen molar-refractivity contribution in [3.05, 3.63) is 47.0 Å². The van der Waals surface area contributed by atoms with Crippen molar-refractivity contribution in [2.45, 2.75) is 31.3 Å². The molecule has 1 fully saturated rings. The SMILES string of the molecule is CCc1cnc(N2[C@H](C#N)[C@@H](c3ccccc3)[C@H]2CO)s1. The summed E-state index contributed by atoms with van der Waals surface area (Å²) in [6.45, 7) is 2.12. The molecule has 0 unspecified atom stereocenters. The Balaban J connectivity index is 1.91. The number of aromatic nitrogens is 1. The molecule has 0 bridgehead atoms. The molecule has 1 aromatic heterocycles. The molecule has 4 nitrogen and oxygen atoms in total. The molecule has 0 amide bonds. The van der Waals surface area contributed by atoms with Crippen LogP contribution in [-0.2, 0) is 6.42 Å². The molecule has 2 aromatic rings. The third-order valence-electron chi connectivity index (χ3n) is 4.03. The van der Waals surface area contributed by atoms with Crippen LogP contribution in [0.3, 0.4) is 0 Å². The standard InChI is InChI=1S/C16H17N3OS/c1-2-12-9-18-16(21-12)19-13(8-17)15(14(19)10-20)11-6-4-3-5-7-11/h3-7,9,13-15,20H,2,10H2,1H3/t13-,14-,15-/m1/s1. The van der Waals surface area contributed by atoms with Crippen LogP contribution >= 0.6 is 11.3 Å². The fourth-order valence-corrected chi connectivity index (χ4v) is 3.87. The summed E-state index contributed by atoms with van der Waals surface area (Å²) < 4.78 is 0. The number of nitrogens with zero attached hydrogens (tertiary/aromatic N) is 3. The van der Waals surface area contributed by atoms with Gasteiger partial charge in [-0.1, -0.05) is 37.3 Å². The monoisotopic (exact) mass is 299 g/mol. The lowest BCUT2D eigenvalue weighted by atomic mass is 9.76. The summed E-state index contributed by atoms with van der Waals surface area (Å²) in [6, 6.07) is 12.0. The van der Waals surface area contributed by atoms with Gasteiger partial charge in [-0.3, -0.25) is 0 Å². The maximum Gasteiger partial charge on any atom is 0.186 e. The van der Waals surface area contributed by atoms with E-state index in [9.17, 15) is 10.4 Å². The van der Waals surface area contributed by atoms with Gasteiger partial charge in [-0.25, -0.2) is 4.98 Å². The van der Waals surface area contributed by atoms with Crippen LogP contribution in [0.1, 0.15) is 23.3 Å². The number of aliphatic hydroxyl groups is 1. The highest BCUT2D eigenvalue weighted by Crippen LogP contribution is 2.44. The first-order valence-corrected chi connectivity index (χ1v) is 7.90. The van der Waals surface area contributed by atoms with Gasteiger partial charge in [0.1, 0.15) is 6.04 Å². The molecule has 1 aromatic carbocycles. The number of aryl methyl sites for hydroxylation is 1. The van der Waals surface area contributed by atoms with Crippen molar-refractivity contribution in [2.75, 3.05) is 11.5 Å². The zero-order valence-corrected chi connectivity index (χ0v) is 12.6. The molecule has 0 saturated carbocycles. The van der Waals surface area contributed by atoms with Crippen LogP contribution in [0.15, 0.2) is 36.5 Å². The van der Waals surface area contributed by atoms with E-state index in [-0.39, 0.29) is 24.6 Å². The Labute approximate surface area is 128 Å². The van der Waals surface area contributed by atoms with Gasteiger partial charge in [0.25, 0.3) is 0 Å². The van der Waals surface area contributed by atoms with Crippen LogP contribution in [0.5, 0.6) is 0 Å². The topological polar surface area (TPSA) is 60.2 Å². The Kier molecular flexibility index (Phi) is 3.91. The third-order valence-corrected chi connectivity index (χ3v) is 5.18. The second-order valence-electron chi connectivity index (χ2n) is 5.13. The van der Waals surface area contributed by atoms with Crippen molar-refractivity contribution in [3.63, 3.8) is 0 Å². The lowest BCUT2D eigenvalue weighted by Gasteiger charge is -2.51. The quantitative estimate of drug-likeness (QED) is 0.942. The average molecular weight is 299 g/mol. The maximum absolute atomic E-state index is 9.75. The van der Waals surface area contributed by atoms with E-state index in [1.165, 1.54) is 4.88 Å². The predicted octanol–water partition coefficient (Wildman–Crippen LogP) is 2.56. The number of aliphatic hydroxyl groups excluding tert-OH is 1. The minimum atomic E-state index is -0.264. The van der Waals surface area contributed by atoms with Crippen LogP contribution in [-0.4, -0.2) is 28.8 Å². The molecule has 1 N–H and O–H groups in total. The Bertz CT molecular complexity index is 649. The fraction of sp³-hybridized carbons (Fsp3) is 0.375. The average Bonchev–Trinajstić information content (AvgIpc) is 2.96. The van der Waals surface area contributed by atoms with Gasteiger partial charge in [-0.05, 0) is 12.0 Å². The molecule has 1 saturated heterocycles. The molecule has 2 heterocycles. The molecular formula is C16H17N3OS. The molecule has 5 heteroatoms. The van der Waals surface area contributed by atoms with E-state index in [2.05, 4.69) is 18.0 Å². The van der Waals surface area contributed by atoms with Crippen molar-refractivity contribution in [1.29, 1.82) is 5.26 Å². The van der Waals surface area contributed by atoms with Gasteiger partial charge in [0.2, 0.25) is 0 Å². The number of rotatable bonds is 4. The highest BCUT2D eigenvalue weighted by atomic mass is 32.1. The summed E-state index contributed by atoms with van der Waals surface area (Å²) in [5.41, 5.74) is 1.10. The maximum atomic E-state index is 9.75. The number of anilines is 1. The summed E-state index contributed by atoms with van der Waals surface area (Å²) >= 11 is 1.60. The first-order valence-electron chi connectivity index (χ1n) is 7.08. The van der Waals surface area contributed by atoms with Crippen LogP contribution < -0.4 is 4.90 Å². The Morgan fingerprint density at radius 3 is 2.71 bits per heavy atom. The van der Waals surface area contributed by atoms with Gasteiger partial charge in [0.15, 0.2) is 5.13 Å². The van der Waals surface area contributed by atoms with E-state index >= 15 is 0 Å². The summed E-state index contributed by atoms with van der Waals surface area (Å²) in [7, 11) is 0. The third kappa shape index (κ3) is 2.31. The Morgan fingerprint density at radius 2 is 2.14 bits per heavy atom. The largest absolute Gasteiger partial charge is 0.394 e. The number of hydrogen-bond donors (Lipinski definition) is 1. The van der Waals surface area contributed by atoms with E-state index in [0.717, 1.165) is 17.1 Å². The van der Waals surface area contributed by atoms with E-state index in [4.69, 9.17) is 0 Å². The van der Waals surface area contributed by atoms with E-state index in [0.29, 0.717) is 0 Å².